The Hall–Kier alpha value is -8.39. The molecule has 308 valence electrons. The molecule has 0 atom stereocenters. The number of pyridine rings is 2. The van der Waals surface area contributed by atoms with Crippen molar-refractivity contribution >= 4 is 72.4 Å². The minimum atomic E-state index is -0.792. The van der Waals surface area contributed by atoms with Crippen molar-refractivity contribution in [2.45, 2.75) is 15.2 Å². The van der Waals surface area contributed by atoms with E-state index in [1.54, 1.807) is 0 Å². The fraction of sp³-hybridized carbons (Fsp3) is 0.0169. The van der Waals surface area contributed by atoms with Crippen molar-refractivity contribution in [3.05, 3.63) is 235 Å². The van der Waals surface area contributed by atoms with Crippen LogP contribution in [0.15, 0.2) is 222 Å². The van der Waals surface area contributed by atoms with E-state index in [9.17, 15) is 0 Å². The number of aromatic nitrogens is 4. The molecule has 0 unspecified atom stereocenters. The van der Waals surface area contributed by atoms with Crippen LogP contribution in [0.1, 0.15) is 22.3 Å². The summed E-state index contributed by atoms with van der Waals surface area (Å²) in [7, 11) is 0. The van der Waals surface area contributed by atoms with Crippen molar-refractivity contribution < 1.29 is 4.74 Å². The third kappa shape index (κ3) is 4.61. The lowest BCUT2D eigenvalue weighted by atomic mass is 9.66. The maximum atomic E-state index is 7.70. The van der Waals surface area contributed by atoms with Crippen LogP contribution in [0.2, 0.25) is 0 Å². The second-order valence-corrected chi connectivity index (χ2v) is 18.3. The Balaban J connectivity index is 1.03. The number of fused-ring (bicyclic) bond motifs is 17. The minimum Gasteiger partial charge on any atom is -0.452 e. The summed E-state index contributed by atoms with van der Waals surface area (Å²) in [6, 6.07) is 72.4. The first-order valence-corrected chi connectivity index (χ1v) is 23.1. The summed E-state index contributed by atoms with van der Waals surface area (Å²) >= 11 is 1.83. The van der Waals surface area contributed by atoms with E-state index in [0.29, 0.717) is 0 Å². The Kier molecular flexibility index (Phi) is 7.27. The summed E-state index contributed by atoms with van der Waals surface area (Å²) in [5.41, 5.74) is 15.1. The normalized spacial score (nSPS) is 13.9. The van der Waals surface area contributed by atoms with Gasteiger partial charge in [0, 0.05) is 60.5 Å². The lowest BCUT2D eigenvalue weighted by Gasteiger charge is -2.40. The molecule has 0 fully saturated rings. The van der Waals surface area contributed by atoms with E-state index in [1.807, 2.05) is 24.2 Å². The highest BCUT2D eigenvalue weighted by Gasteiger charge is 2.53. The van der Waals surface area contributed by atoms with Crippen LogP contribution < -0.4 is 9.64 Å². The molecule has 66 heavy (non-hydrogen) atoms. The molecule has 0 bridgehead atoms. The van der Waals surface area contributed by atoms with Crippen molar-refractivity contribution in [3.63, 3.8) is 0 Å². The predicted molar refractivity (Wildman–Crippen MR) is 267 cm³/mol. The number of ether oxygens (including phenoxy) is 1. The number of rotatable bonds is 3. The van der Waals surface area contributed by atoms with Crippen LogP contribution in [0.3, 0.4) is 0 Å². The fourth-order valence-corrected chi connectivity index (χ4v) is 12.6. The maximum absolute atomic E-state index is 7.70. The van der Waals surface area contributed by atoms with Gasteiger partial charge in [-0.1, -0.05) is 127 Å². The second kappa shape index (κ2) is 13.3. The van der Waals surface area contributed by atoms with E-state index in [-0.39, 0.29) is 0 Å². The Morgan fingerprint density at radius 3 is 1.36 bits per heavy atom. The van der Waals surface area contributed by atoms with Gasteiger partial charge in [-0.25, -0.2) is 0 Å². The Labute approximate surface area is 383 Å². The molecule has 0 N–H and O–H groups in total. The largest absolute Gasteiger partial charge is 0.452 e. The molecule has 6 nitrogen and oxygen atoms in total. The topological polar surface area (TPSA) is 48.1 Å². The highest BCUT2D eigenvalue weighted by atomic mass is 32.2. The van der Waals surface area contributed by atoms with E-state index < -0.39 is 5.41 Å². The van der Waals surface area contributed by atoms with Gasteiger partial charge in [-0.15, -0.1) is 0 Å². The monoisotopic (exact) mass is 861 g/mol. The molecule has 12 aromatic rings. The fourth-order valence-electron chi connectivity index (χ4n) is 11.5. The highest BCUT2D eigenvalue weighted by molar-refractivity contribution is 7.99. The molecule has 0 amide bonds. The van der Waals surface area contributed by atoms with Gasteiger partial charge in [-0.3, -0.25) is 9.97 Å². The molecule has 8 aromatic carbocycles. The smallest absolute Gasteiger partial charge is 0.156 e. The molecular formula is C59H35N5OS. The number of hydrogen-bond donors (Lipinski definition) is 0. The van der Waals surface area contributed by atoms with E-state index >= 15 is 0 Å². The third-order valence-corrected chi connectivity index (χ3v) is 15.2. The standard InChI is InChI=1S/C59H35N5OS/c1-4-22-45-37(15-1)38-16-2-5-23-46(38)63(45)51-27-11-18-43-57(51)65-58-44(59(43)41-20-13-33-60-55(41)56-42(59)21-14-34-61-56)19-12-28-52(58)64-47-24-6-3-17-39(47)40-35-36(31-32-48(40)64)62-49-25-7-9-29-53(49)66-54-30-10-8-26-50(54)62/h1-35H. The van der Waals surface area contributed by atoms with Crippen LogP contribution in [0, 0.1) is 0 Å². The molecule has 4 aromatic heterocycles. The molecule has 3 aliphatic rings. The van der Waals surface area contributed by atoms with Gasteiger partial charge >= 0.3 is 0 Å². The molecular weight excluding hydrogens is 827 g/mol. The van der Waals surface area contributed by atoms with Crippen molar-refractivity contribution in [3.8, 4) is 34.3 Å². The zero-order valence-corrected chi connectivity index (χ0v) is 36.1. The Bertz CT molecular complexity index is 3910. The molecule has 0 saturated heterocycles. The lowest BCUT2D eigenvalue weighted by molar-refractivity contribution is 0.433. The Morgan fingerprint density at radius 2 is 0.818 bits per heavy atom. The van der Waals surface area contributed by atoms with Crippen LogP contribution in [0.25, 0.3) is 66.4 Å². The van der Waals surface area contributed by atoms with Gasteiger partial charge in [-0.2, -0.15) is 0 Å². The highest BCUT2D eigenvalue weighted by Crippen LogP contribution is 2.63. The molecule has 6 heterocycles. The first kappa shape index (κ1) is 36.0. The molecule has 1 aliphatic carbocycles. The lowest BCUT2D eigenvalue weighted by Crippen LogP contribution is -2.33. The molecule has 0 radical (unpaired) electrons. The summed E-state index contributed by atoms with van der Waals surface area (Å²) in [4.78, 5) is 15.0. The molecule has 1 spiro atoms. The number of hydrogen-bond acceptors (Lipinski definition) is 5. The first-order valence-electron chi connectivity index (χ1n) is 22.3. The van der Waals surface area contributed by atoms with E-state index in [2.05, 4.69) is 214 Å². The Morgan fingerprint density at radius 1 is 0.379 bits per heavy atom. The van der Waals surface area contributed by atoms with Crippen LogP contribution in [0.5, 0.6) is 11.5 Å². The number of para-hydroxylation sites is 7. The van der Waals surface area contributed by atoms with Gasteiger partial charge in [0.25, 0.3) is 0 Å². The van der Waals surface area contributed by atoms with Gasteiger partial charge in [0.15, 0.2) is 11.5 Å². The third-order valence-electron chi connectivity index (χ3n) is 14.1. The average molecular weight is 862 g/mol. The van der Waals surface area contributed by atoms with E-state index in [1.165, 1.54) is 37.3 Å². The first-order chi connectivity index (χ1) is 32.8. The molecule has 15 rings (SSSR count). The zero-order chi connectivity index (χ0) is 43.1. The number of nitrogens with zero attached hydrogens (tertiary/aromatic N) is 5. The molecule has 0 saturated carbocycles. The summed E-state index contributed by atoms with van der Waals surface area (Å²) in [5.74, 6) is 1.60. The quantitative estimate of drug-likeness (QED) is 0.177. The van der Waals surface area contributed by atoms with Crippen molar-refractivity contribution in [2.24, 2.45) is 0 Å². The SMILES string of the molecule is c1ccc2c(c1)Sc1ccccc1N2c1ccc2c(c1)c1ccccc1n2-c1cccc2c1Oc1c(-n3c4ccccc4c4ccccc43)cccc1C21c2cccnc2-c2ncccc21. The average Bonchev–Trinajstić information content (AvgIpc) is 4.00. The summed E-state index contributed by atoms with van der Waals surface area (Å²) < 4.78 is 12.5. The van der Waals surface area contributed by atoms with Gasteiger partial charge in [0.1, 0.15) is 0 Å². The summed E-state index contributed by atoms with van der Waals surface area (Å²) in [5, 5.41) is 4.72. The number of benzene rings is 8. The van der Waals surface area contributed by atoms with Crippen molar-refractivity contribution in [1.29, 1.82) is 0 Å². The van der Waals surface area contributed by atoms with Crippen molar-refractivity contribution in [2.75, 3.05) is 4.90 Å². The zero-order valence-electron chi connectivity index (χ0n) is 35.3. The predicted octanol–water partition coefficient (Wildman–Crippen LogP) is 15.1. The minimum absolute atomic E-state index is 0.792. The van der Waals surface area contributed by atoms with Gasteiger partial charge < -0.3 is 18.8 Å². The van der Waals surface area contributed by atoms with Gasteiger partial charge in [-0.05, 0) is 96.1 Å². The van der Waals surface area contributed by atoms with Crippen LogP contribution in [0.4, 0.5) is 17.1 Å². The van der Waals surface area contributed by atoms with Crippen LogP contribution in [-0.2, 0) is 5.41 Å². The summed E-state index contributed by atoms with van der Waals surface area (Å²) in [6.45, 7) is 0. The van der Waals surface area contributed by atoms with Gasteiger partial charge in [0.2, 0.25) is 0 Å². The molecule has 7 heteroatoms. The van der Waals surface area contributed by atoms with Crippen molar-refractivity contribution in [1.82, 2.24) is 19.1 Å². The summed E-state index contributed by atoms with van der Waals surface area (Å²) in [6.07, 6.45) is 3.77. The van der Waals surface area contributed by atoms with Crippen LogP contribution >= 0.6 is 11.8 Å². The van der Waals surface area contributed by atoms with Crippen LogP contribution in [-0.4, -0.2) is 19.1 Å². The number of anilines is 3. The maximum Gasteiger partial charge on any atom is 0.156 e. The second-order valence-electron chi connectivity index (χ2n) is 17.3. The molecule has 2 aliphatic heterocycles. The van der Waals surface area contributed by atoms with E-state index in [4.69, 9.17) is 14.7 Å². The van der Waals surface area contributed by atoms with Gasteiger partial charge in [0.05, 0.1) is 61.6 Å². The van der Waals surface area contributed by atoms with E-state index in [0.717, 1.165) is 89.7 Å².